The third kappa shape index (κ3) is 3.95. The fourth-order valence-electron chi connectivity index (χ4n) is 2.27. The average Bonchev–Trinajstić information content (AvgIpc) is 2.17. The van der Waals surface area contributed by atoms with Gasteiger partial charge in [0.15, 0.2) is 0 Å². The summed E-state index contributed by atoms with van der Waals surface area (Å²) < 4.78 is 0. The van der Waals surface area contributed by atoms with Crippen LogP contribution in [0, 0.1) is 0 Å². The molecule has 14 heavy (non-hydrogen) atoms. The molecule has 0 aromatic carbocycles. The lowest BCUT2D eigenvalue weighted by Crippen LogP contribution is -2.44. The summed E-state index contributed by atoms with van der Waals surface area (Å²) in [5, 5.41) is 12.5. The van der Waals surface area contributed by atoms with Crippen LogP contribution in [0.4, 0.5) is 0 Å². The van der Waals surface area contributed by atoms with Crippen molar-refractivity contribution in [2.24, 2.45) is 5.73 Å². The molecule has 3 atom stereocenters. The first-order chi connectivity index (χ1) is 6.76. The van der Waals surface area contributed by atoms with E-state index in [4.69, 9.17) is 10.8 Å². The molecule has 1 rings (SSSR count). The number of rotatable bonds is 5. The highest BCUT2D eigenvalue weighted by Gasteiger charge is 2.20. The van der Waals surface area contributed by atoms with Gasteiger partial charge in [0.2, 0.25) is 0 Å². The van der Waals surface area contributed by atoms with E-state index in [0.29, 0.717) is 18.1 Å². The van der Waals surface area contributed by atoms with Gasteiger partial charge in [-0.05, 0) is 32.1 Å². The molecule has 1 saturated carbocycles. The van der Waals surface area contributed by atoms with Crippen molar-refractivity contribution in [3.8, 4) is 0 Å². The Labute approximate surface area is 87.1 Å². The van der Waals surface area contributed by atoms with Crippen molar-refractivity contribution in [2.45, 2.75) is 63.6 Å². The maximum atomic E-state index is 8.88. The monoisotopic (exact) mass is 200 g/mol. The normalized spacial score (nSPS) is 30.2. The zero-order valence-electron chi connectivity index (χ0n) is 9.21. The Bertz CT molecular complexity index is 152. The van der Waals surface area contributed by atoms with Gasteiger partial charge in [0.25, 0.3) is 0 Å². The van der Waals surface area contributed by atoms with E-state index in [1.807, 2.05) is 0 Å². The SMILES string of the molecule is CCC(CCO)NC1CCCC(N)C1. The highest BCUT2D eigenvalue weighted by atomic mass is 16.3. The Morgan fingerprint density at radius 3 is 2.86 bits per heavy atom. The van der Waals surface area contributed by atoms with Crippen LogP contribution in [0.5, 0.6) is 0 Å². The molecule has 0 radical (unpaired) electrons. The summed E-state index contributed by atoms with van der Waals surface area (Å²) in [5.41, 5.74) is 5.93. The third-order valence-corrected chi connectivity index (χ3v) is 3.16. The van der Waals surface area contributed by atoms with Gasteiger partial charge in [-0.15, -0.1) is 0 Å². The molecular weight excluding hydrogens is 176 g/mol. The van der Waals surface area contributed by atoms with E-state index in [1.165, 1.54) is 19.3 Å². The topological polar surface area (TPSA) is 58.3 Å². The van der Waals surface area contributed by atoms with Crippen LogP contribution in [0.15, 0.2) is 0 Å². The van der Waals surface area contributed by atoms with Gasteiger partial charge in [0.05, 0.1) is 0 Å². The van der Waals surface area contributed by atoms with Gasteiger partial charge in [-0.2, -0.15) is 0 Å². The van der Waals surface area contributed by atoms with Crippen molar-refractivity contribution in [3.05, 3.63) is 0 Å². The van der Waals surface area contributed by atoms with Crippen LogP contribution >= 0.6 is 0 Å². The average molecular weight is 200 g/mol. The number of aliphatic hydroxyl groups excluding tert-OH is 1. The third-order valence-electron chi connectivity index (χ3n) is 3.16. The van der Waals surface area contributed by atoms with Crippen molar-refractivity contribution >= 4 is 0 Å². The minimum Gasteiger partial charge on any atom is -0.396 e. The number of nitrogens with two attached hydrogens (primary N) is 1. The molecule has 0 heterocycles. The van der Waals surface area contributed by atoms with E-state index < -0.39 is 0 Å². The summed E-state index contributed by atoms with van der Waals surface area (Å²) in [4.78, 5) is 0. The number of nitrogens with one attached hydrogen (secondary N) is 1. The van der Waals surface area contributed by atoms with Gasteiger partial charge in [0.1, 0.15) is 0 Å². The minimum absolute atomic E-state index is 0.282. The highest BCUT2D eigenvalue weighted by Crippen LogP contribution is 2.18. The summed E-state index contributed by atoms with van der Waals surface area (Å²) in [6.45, 7) is 2.44. The largest absolute Gasteiger partial charge is 0.396 e. The molecule has 3 heteroatoms. The van der Waals surface area contributed by atoms with Gasteiger partial charge in [-0.25, -0.2) is 0 Å². The summed E-state index contributed by atoms with van der Waals surface area (Å²) in [6, 6.07) is 1.43. The van der Waals surface area contributed by atoms with Gasteiger partial charge in [-0.1, -0.05) is 13.3 Å². The first-order valence-corrected chi connectivity index (χ1v) is 5.88. The van der Waals surface area contributed by atoms with Crippen LogP contribution in [0.2, 0.25) is 0 Å². The van der Waals surface area contributed by atoms with Crippen molar-refractivity contribution in [3.63, 3.8) is 0 Å². The van der Waals surface area contributed by atoms with Crippen LogP contribution in [0.25, 0.3) is 0 Å². The van der Waals surface area contributed by atoms with Crippen LogP contribution in [-0.2, 0) is 0 Å². The second kappa shape index (κ2) is 6.38. The zero-order chi connectivity index (χ0) is 10.4. The Morgan fingerprint density at radius 2 is 2.29 bits per heavy atom. The maximum absolute atomic E-state index is 8.88. The molecule has 0 bridgehead atoms. The Hall–Kier alpha value is -0.120. The first-order valence-electron chi connectivity index (χ1n) is 5.88. The van der Waals surface area contributed by atoms with E-state index in [9.17, 15) is 0 Å². The lowest BCUT2D eigenvalue weighted by atomic mass is 9.91. The van der Waals surface area contributed by atoms with E-state index >= 15 is 0 Å². The lowest BCUT2D eigenvalue weighted by molar-refractivity contribution is 0.240. The maximum Gasteiger partial charge on any atom is 0.0445 e. The quantitative estimate of drug-likeness (QED) is 0.620. The van der Waals surface area contributed by atoms with Crippen LogP contribution in [0.1, 0.15) is 45.4 Å². The van der Waals surface area contributed by atoms with Crippen molar-refractivity contribution in [2.75, 3.05) is 6.61 Å². The Morgan fingerprint density at radius 1 is 1.50 bits per heavy atom. The summed E-state index contributed by atoms with van der Waals surface area (Å²) in [7, 11) is 0. The smallest absolute Gasteiger partial charge is 0.0445 e. The van der Waals surface area contributed by atoms with E-state index in [-0.39, 0.29) is 6.61 Å². The fourth-order valence-corrected chi connectivity index (χ4v) is 2.27. The molecule has 3 nitrogen and oxygen atoms in total. The molecule has 1 aliphatic carbocycles. The molecule has 0 aromatic rings. The summed E-state index contributed by atoms with van der Waals surface area (Å²) in [5.74, 6) is 0. The van der Waals surface area contributed by atoms with Crippen molar-refractivity contribution < 1.29 is 5.11 Å². The molecule has 3 unspecified atom stereocenters. The molecule has 0 aliphatic heterocycles. The second-order valence-corrected chi connectivity index (χ2v) is 4.41. The van der Waals surface area contributed by atoms with Crippen LogP contribution in [-0.4, -0.2) is 29.8 Å². The van der Waals surface area contributed by atoms with Gasteiger partial charge >= 0.3 is 0 Å². The van der Waals surface area contributed by atoms with Crippen molar-refractivity contribution in [1.82, 2.24) is 5.32 Å². The summed E-state index contributed by atoms with van der Waals surface area (Å²) in [6.07, 6.45) is 6.72. The highest BCUT2D eigenvalue weighted by molar-refractivity contribution is 4.82. The van der Waals surface area contributed by atoms with Crippen LogP contribution in [0.3, 0.4) is 0 Å². The lowest BCUT2D eigenvalue weighted by Gasteiger charge is -2.30. The summed E-state index contributed by atoms with van der Waals surface area (Å²) >= 11 is 0. The van der Waals surface area contributed by atoms with Gasteiger partial charge in [0, 0.05) is 24.7 Å². The predicted molar refractivity (Wildman–Crippen MR) is 59.1 cm³/mol. The molecule has 84 valence electrons. The zero-order valence-corrected chi connectivity index (χ0v) is 9.21. The Kier molecular flexibility index (Phi) is 5.45. The Balaban J connectivity index is 2.26. The number of hydrogen-bond acceptors (Lipinski definition) is 3. The van der Waals surface area contributed by atoms with E-state index in [0.717, 1.165) is 19.3 Å². The molecule has 0 amide bonds. The molecule has 1 fully saturated rings. The molecule has 0 saturated heterocycles. The molecule has 4 N–H and O–H groups in total. The van der Waals surface area contributed by atoms with E-state index in [1.54, 1.807) is 0 Å². The van der Waals surface area contributed by atoms with Crippen LogP contribution < -0.4 is 11.1 Å². The molecule has 1 aliphatic rings. The fraction of sp³-hybridized carbons (Fsp3) is 1.00. The van der Waals surface area contributed by atoms with Crippen molar-refractivity contribution in [1.29, 1.82) is 0 Å². The standard InChI is InChI=1S/C11H24N2O/c1-2-10(6-7-14)13-11-5-3-4-9(12)8-11/h9-11,13-14H,2-8,12H2,1H3. The van der Waals surface area contributed by atoms with Gasteiger partial charge < -0.3 is 16.2 Å². The second-order valence-electron chi connectivity index (χ2n) is 4.41. The number of aliphatic hydroxyl groups is 1. The minimum atomic E-state index is 0.282. The predicted octanol–water partition coefficient (Wildman–Crippen LogP) is 1.01. The molecular formula is C11H24N2O. The molecule has 0 aromatic heterocycles. The first kappa shape index (κ1) is 12.0. The molecule has 0 spiro atoms. The van der Waals surface area contributed by atoms with E-state index in [2.05, 4.69) is 12.2 Å². The van der Waals surface area contributed by atoms with Gasteiger partial charge in [-0.3, -0.25) is 0 Å². The number of hydrogen-bond donors (Lipinski definition) is 3.